The summed E-state index contributed by atoms with van der Waals surface area (Å²) in [6.07, 6.45) is 6.67. The molecule has 2 fully saturated rings. The molecule has 5 heteroatoms. The maximum Gasteiger partial charge on any atom is 0.187 e. The van der Waals surface area contributed by atoms with E-state index in [0.717, 1.165) is 36.1 Å². The lowest BCUT2D eigenvalue weighted by Gasteiger charge is -2.58. The minimum Gasteiger partial charge on any atom is -0.487 e. The Morgan fingerprint density at radius 2 is 1.70 bits per heavy atom. The van der Waals surface area contributed by atoms with Gasteiger partial charge in [0.2, 0.25) is 0 Å². The molecular weight excluding hydrogens is 462 g/mol. The van der Waals surface area contributed by atoms with Crippen LogP contribution in [0.5, 0.6) is 0 Å². The van der Waals surface area contributed by atoms with Crippen molar-refractivity contribution >= 4 is 5.78 Å². The number of hydrogen-bond donors (Lipinski definition) is 2. The third-order valence-electron chi connectivity index (χ3n) is 10.0. The summed E-state index contributed by atoms with van der Waals surface area (Å²) in [6, 6.07) is 19.7. The Balaban J connectivity index is 1.41. The first-order valence-electron chi connectivity index (χ1n) is 13.4. The first kappa shape index (κ1) is 23.2. The van der Waals surface area contributed by atoms with Gasteiger partial charge in [0.25, 0.3) is 0 Å². The molecule has 190 valence electrons. The van der Waals surface area contributed by atoms with E-state index in [-0.39, 0.29) is 18.1 Å². The van der Waals surface area contributed by atoms with Crippen LogP contribution in [0.25, 0.3) is 0 Å². The number of piperidine rings is 1. The van der Waals surface area contributed by atoms with Crippen LogP contribution in [0, 0.1) is 11.3 Å². The third-order valence-corrected chi connectivity index (χ3v) is 10.0. The summed E-state index contributed by atoms with van der Waals surface area (Å²) < 4.78 is 6.63. The van der Waals surface area contributed by atoms with Gasteiger partial charge < -0.3 is 19.8 Å². The predicted molar refractivity (Wildman–Crippen MR) is 141 cm³/mol. The molecule has 1 saturated carbocycles. The molecule has 1 spiro atoms. The van der Waals surface area contributed by atoms with Crippen molar-refractivity contribution in [3.05, 3.63) is 107 Å². The van der Waals surface area contributed by atoms with Crippen LogP contribution in [0.4, 0.5) is 0 Å². The number of benzene rings is 2. The van der Waals surface area contributed by atoms with Gasteiger partial charge in [-0.15, -0.1) is 0 Å². The minimum absolute atomic E-state index is 0.169. The molecule has 2 heterocycles. The van der Waals surface area contributed by atoms with Gasteiger partial charge in [0, 0.05) is 29.4 Å². The normalized spacial score (nSPS) is 36.1. The molecule has 1 unspecified atom stereocenters. The van der Waals surface area contributed by atoms with Crippen molar-refractivity contribution in [3.63, 3.8) is 0 Å². The fourth-order valence-electron chi connectivity index (χ4n) is 8.08. The fraction of sp³-hybridized carbons (Fsp3) is 0.406. The second kappa shape index (κ2) is 7.76. The topological polar surface area (TPSA) is 70.0 Å². The summed E-state index contributed by atoms with van der Waals surface area (Å²) in [7, 11) is 2.17. The predicted octanol–water partition coefficient (Wildman–Crippen LogP) is 3.92. The number of ether oxygens (including phenoxy) is 1. The lowest BCUT2D eigenvalue weighted by atomic mass is 9.50. The molecule has 0 amide bonds. The standard InChI is InChI=1S/C32H33NO4/c1-30(21-9-5-3-6-10-21,22-11-7-4-8-12-22)29(35)32(36)16-15-20-19-24-23-13-14-25(34)27-31(23,17-18-33(24)2)26(20)28(32)37-27/h3-15,23-25,27,34,36H,16-19H2,1-2H3/t23-,24+,25-,27-,31-,32?/m0/s1. The van der Waals surface area contributed by atoms with Gasteiger partial charge in [0.05, 0.1) is 5.41 Å². The molecule has 3 aliphatic carbocycles. The Hall–Kier alpha value is -2.99. The number of aliphatic hydroxyl groups excluding tert-OH is 1. The molecule has 1 saturated heterocycles. The molecule has 6 atom stereocenters. The summed E-state index contributed by atoms with van der Waals surface area (Å²) in [6.45, 7) is 2.80. The molecule has 2 aromatic carbocycles. The molecular formula is C32H33NO4. The van der Waals surface area contributed by atoms with Crippen molar-refractivity contribution in [1.82, 2.24) is 4.90 Å². The van der Waals surface area contributed by atoms with Gasteiger partial charge in [-0.05, 0) is 50.1 Å². The van der Waals surface area contributed by atoms with Crippen molar-refractivity contribution in [2.75, 3.05) is 13.6 Å². The molecule has 2 N–H and O–H groups in total. The van der Waals surface area contributed by atoms with Crippen LogP contribution in [0.2, 0.25) is 0 Å². The summed E-state index contributed by atoms with van der Waals surface area (Å²) in [5.41, 5.74) is 0.478. The number of rotatable bonds is 4. The molecule has 37 heavy (non-hydrogen) atoms. The number of ketones is 1. The smallest absolute Gasteiger partial charge is 0.187 e. The first-order chi connectivity index (χ1) is 17.8. The highest BCUT2D eigenvalue weighted by Gasteiger charge is 2.69. The molecule has 2 aromatic rings. The molecule has 2 bridgehead atoms. The Morgan fingerprint density at radius 1 is 1.05 bits per heavy atom. The van der Waals surface area contributed by atoms with Crippen LogP contribution in [-0.4, -0.2) is 58.3 Å². The van der Waals surface area contributed by atoms with E-state index in [9.17, 15) is 15.0 Å². The van der Waals surface area contributed by atoms with Gasteiger partial charge >= 0.3 is 0 Å². The number of carbonyl (C=O) groups excluding carboxylic acids is 1. The van der Waals surface area contributed by atoms with E-state index in [1.165, 1.54) is 5.57 Å². The fourth-order valence-corrected chi connectivity index (χ4v) is 8.08. The zero-order valence-electron chi connectivity index (χ0n) is 21.3. The van der Waals surface area contributed by atoms with E-state index in [1.807, 2.05) is 73.7 Å². The van der Waals surface area contributed by atoms with Gasteiger partial charge in [-0.2, -0.15) is 0 Å². The van der Waals surface area contributed by atoms with Gasteiger partial charge in [-0.25, -0.2) is 0 Å². The maximum absolute atomic E-state index is 14.8. The monoisotopic (exact) mass is 495 g/mol. The molecule has 5 nitrogen and oxygen atoms in total. The highest BCUT2D eigenvalue weighted by Crippen LogP contribution is 2.66. The van der Waals surface area contributed by atoms with Gasteiger partial charge in [-0.1, -0.05) is 78.9 Å². The van der Waals surface area contributed by atoms with E-state index in [1.54, 1.807) is 0 Å². The Kier molecular flexibility index (Phi) is 4.86. The summed E-state index contributed by atoms with van der Waals surface area (Å²) in [5, 5.41) is 23.6. The molecule has 0 aromatic heterocycles. The molecule has 2 aliphatic heterocycles. The largest absolute Gasteiger partial charge is 0.487 e. The van der Waals surface area contributed by atoms with Gasteiger partial charge in [0.15, 0.2) is 11.4 Å². The lowest BCUT2D eigenvalue weighted by Crippen LogP contribution is -2.62. The van der Waals surface area contributed by atoms with E-state index in [2.05, 4.69) is 24.1 Å². The van der Waals surface area contributed by atoms with Crippen LogP contribution in [-0.2, 0) is 14.9 Å². The Labute approximate surface area is 217 Å². The summed E-state index contributed by atoms with van der Waals surface area (Å²) >= 11 is 0. The Bertz CT molecular complexity index is 1320. The first-order valence-corrected chi connectivity index (χ1v) is 13.4. The number of nitrogens with zero attached hydrogens (tertiary/aromatic N) is 1. The average molecular weight is 496 g/mol. The second-order valence-corrected chi connectivity index (χ2v) is 11.7. The van der Waals surface area contributed by atoms with Crippen LogP contribution < -0.4 is 0 Å². The Morgan fingerprint density at radius 3 is 2.35 bits per heavy atom. The van der Waals surface area contributed by atoms with Crippen LogP contribution in [0.15, 0.2) is 95.8 Å². The van der Waals surface area contributed by atoms with E-state index >= 15 is 0 Å². The number of carbonyl (C=O) groups is 1. The van der Waals surface area contributed by atoms with Crippen LogP contribution >= 0.6 is 0 Å². The van der Waals surface area contributed by atoms with E-state index in [4.69, 9.17) is 4.74 Å². The third kappa shape index (κ3) is 2.82. The summed E-state index contributed by atoms with van der Waals surface area (Å²) in [5.74, 6) is 0.268. The minimum atomic E-state index is -1.83. The van der Waals surface area contributed by atoms with E-state index < -0.39 is 28.6 Å². The SMILES string of the molecule is CN1CC[C@]23C4=C5O[C@H]2[C@@H](O)C=C[C@H]3[C@H]1CC4=CCC5(O)C(=O)C(C)(c1ccccc1)c1ccccc1. The van der Waals surface area contributed by atoms with Crippen molar-refractivity contribution in [1.29, 1.82) is 0 Å². The highest BCUT2D eigenvalue weighted by atomic mass is 16.5. The van der Waals surface area contributed by atoms with Gasteiger partial charge in [0.1, 0.15) is 18.0 Å². The number of likely N-dealkylation sites (tertiary alicyclic amines) is 1. The van der Waals surface area contributed by atoms with Crippen molar-refractivity contribution in [3.8, 4) is 0 Å². The van der Waals surface area contributed by atoms with Crippen molar-refractivity contribution < 1.29 is 19.7 Å². The number of aliphatic hydroxyl groups is 2. The zero-order valence-corrected chi connectivity index (χ0v) is 21.3. The van der Waals surface area contributed by atoms with Crippen molar-refractivity contribution in [2.45, 2.75) is 55.5 Å². The quantitative estimate of drug-likeness (QED) is 0.630. The van der Waals surface area contributed by atoms with Gasteiger partial charge in [-0.3, -0.25) is 4.79 Å². The second-order valence-electron chi connectivity index (χ2n) is 11.7. The highest BCUT2D eigenvalue weighted by molar-refractivity contribution is 6.02. The molecule has 5 aliphatic rings. The number of Topliss-reactive ketones (excluding diaryl/α,β-unsaturated/α-hetero) is 1. The lowest BCUT2D eigenvalue weighted by molar-refractivity contribution is -0.145. The summed E-state index contributed by atoms with van der Waals surface area (Å²) in [4.78, 5) is 17.2. The maximum atomic E-state index is 14.8. The average Bonchev–Trinajstić information content (AvgIpc) is 3.30. The zero-order chi connectivity index (χ0) is 25.6. The van der Waals surface area contributed by atoms with Crippen LogP contribution in [0.3, 0.4) is 0 Å². The van der Waals surface area contributed by atoms with Crippen LogP contribution in [0.1, 0.15) is 37.3 Å². The van der Waals surface area contributed by atoms with E-state index in [0.29, 0.717) is 11.8 Å². The van der Waals surface area contributed by atoms with Crippen molar-refractivity contribution in [2.24, 2.45) is 11.3 Å². The number of hydrogen-bond acceptors (Lipinski definition) is 5. The molecule has 7 rings (SSSR count). The molecule has 0 radical (unpaired) electrons.